The summed E-state index contributed by atoms with van der Waals surface area (Å²) in [4.78, 5) is 11.8. The second-order valence-electron chi connectivity index (χ2n) is 4.52. The van der Waals surface area contributed by atoms with Gasteiger partial charge in [-0.1, -0.05) is 12.8 Å². The first kappa shape index (κ1) is 13.8. The van der Waals surface area contributed by atoms with Crippen LogP contribution in [0.3, 0.4) is 0 Å². The van der Waals surface area contributed by atoms with Gasteiger partial charge in [0.2, 0.25) is 0 Å². The molecule has 0 spiro atoms. The molecule has 1 fully saturated rings. The molecule has 94 valence electrons. The Hall–Kier alpha value is -0.220. The molecule has 0 amide bonds. The third-order valence-electron chi connectivity index (χ3n) is 3.19. The smallest absolute Gasteiger partial charge is 0.326 e. The number of likely N-dealkylation sites (N-methyl/N-ethyl adjacent to an activating group) is 1. The zero-order valence-electron chi connectivity index (χ0n) is 10.5. The fourth-order valence-electron chi connectivity index (χ4n) is 1.86. The molecule has 16 heavy (non-hydrogen) atoms. The Morgan fingerprint density at radius 3 is 2.62 bits per heavy atom. The fourth-order valence-corrected chi connectivity index (χ4v) is 3.36. The first-order chi connectivity index (χ1) is 7.62. The lowest BCUT2D eigenvalue weighted by atomic mass is 10.1. The highest BCUT2D eigenvalue weighted by atomic mass is 32.2. The van der Waals surface area contributed by atoms with Crippen molar-refractivity contribution in [2.45, 2.75) is 50.3 Å². The maximum atomic E-state index is 11.8. The number of thioether (sulfide) groups is 1. The summed E-state index contributed by atoms with van der Waals surface area (Å²) in [7, 11) is 1.83. The van der Waals surface area contributed by atoms with Crippen molar-refractivity contribution in [1.29, 1.82) is 0 Å². The Morgan fingerprint density at radius 1 is 1.50 bits per heavy atom. The lowest BCUT2D eigenvalue weighted by Gasteiger charge is -2.27. The van der Waals surface area contributed by atoms with E-state index in [2.05, 4.69) is 5.32 Å². The average molecular weight is 245 g/mol. The van der Waals surface area contributed by atoms with E-state index in [1.54, 1.807) is 0 Å². The minimum Gasteiger partial charge on any atom is -0.465 e. The molecule has 0 aromatic heterocycles. The van der Waals surface area contributed by atoms with Crippen LogP contribution >= 0.6 is 11.8 Å². The molecule has 3 nitrogen and oxygen atoms in total. The number of nitrogens with one attached hydrogen (secondary N) is 1. The summed E-state index contributed by atoms with van der Waals surface area (Å²) in [6, 6.07) is 0. The molecule has 0 aromatic carbocycles. The lowest BCUT2D eigenvalue weighted by molar-refractivity contribution is -0.149. The van der Waals surface area contributed by atoms with Gasteiger partial charge in [-0.15, -0.1) is 0 Å². The van der Waals surface area contributed by atoms with Gasteiger partial charge in [0.15, 0.2) is 0 Å². The normalized spacial score (nSPS) is 20.7. The van der Waals surface area contributed by atoms with Crippen LogP contribution in [0.25, 0.3) is 0 Å². The van der Waals surface area contributed by atoms with Crippen molar-refractivity contribution in [2.24, 2.45) is 0 Å². The second-order valence-corrected chi connectivity index (χ2v) is 5.81. The maximum absolute atomic E-state index is 11.8. The van der Waals surface area contributed by atoms with E-state index in [4.69, 9.17) is 4.74 Å². The minimum absolute atomic E-state index is 0.136. The molecular formula is C12H23NO2S. The van der Waals surface area contributed by atoms with Crippen molar-refractivity contribution in [3.63, 3.8) is 0 Å². The molecule has 1 aliphatic carbocycles. The Labute approximate surface area is 103 Å². The summed E-state index contributed by atoms with van der Waals surface area (Å²) in [5.41, 5.74) is -0.538. The van der Waals surface area contributed by atoms with E-state index >= 15 is 0 Å². The average Bonchev–Trinajstić information content (AvgIpc) is 2.79. The molecule has 0 aromatic rings. The standard InChI is InChI=1S/C12H23NO2S/c1-4-15-11(14)12(2,13-3)9-16-10-7-5-6-8-10/h10,13H,4-9H2,1-3H3. The molecule has 0 radical (unpaired) electrons. The maximum Gasteiger partial charge on any atom is 0.326 e. The summed E-state index contributed by atoms with van der Waals surface area (Å²) in [6.07, 6.45) is 5.28. The van der Waals surface area contributed by atoms with Crippen LogP contribution < -0.4 is 5.32 Å². The van der Waals surface area contributed by atoms with Gasteiger partial charge in [-0.05, 0) is 33.7 Å². The van der Waals surface area contributed by atoms with Crippen LogP contribution in [0.5, 0.6) is 0 Å². The van der Waals surface area contributed by atoms with Gasteiger partial charge in [0.1, 0.15) is 5.54 Å². The van der Waals surface area contributed by atoms with Crippen molar-refractivity contribution < 1.29 is 9.53 Å². The van der Waals surface area contributed by atoms with Gasteiger partial charge in [0, 0.05) is 11.0 Å². The van der Waals surface area contributed by atoms with Crippen molar-refractivity contribution in [3.05, 3.63) is 0 Å². The zero-order valence-corrected chi connectivity index (χ0v) is 11.4. The summed E-state index contributed by atoms with van der Waals surface area (Å²) in [6.45, 7) is 4.22. The number of esters is 1. The Morgan fingerprint density at radius 2 is 2.12 bits per heavy atom. The van der Waals surface area contributed by atoms with E-state index in [9.17, 15) is 4.79 Å². The molecule has 1 aliphatic rings. The van der Waals surface area contributed by atoms with E-state index in [0.29, 0.717) is 6.61 Å². The third kappa shape index (κ3) is 3.67. The van der Waals surface area contributed by atoms with Crippen molar-refractivity contribution in [1.82, 2.24) is 5.32 Å². The molecule has 0 heterocycles. The van der Waals surface area contributed by atoms with Crippen LogP contribution in [0.1, 0.15) is 39.5 Å². The predicted molar refractivity (Wildman–Crippen MR) is 68.8 cm³/mol. The molecule has 0 bridgehead atoms. The first-order valence-electron chi connectivity index (χ1n) is 6.10. The fraction of sp³-hybridized carbons (Fsp3) is 0.917. The molecule has 1 N–H and O–H groups in total. The van der Waals surface area contributed by atoms with Crippen molar-refractivity contribution >= 4 is 17.7 Å². The summed E-state index contributed by atoms with van der Waals surface area (Å²) in [5.74, 6) is 0.662. The highest BCUT2D eigenvalue weighted by Gasteiger charge is 2.34. The largest absolute Gasteiger partial charge is 0.465 e. The first-order valence-corrected chi connectivity index (χ1v) is 7.15. The minimum atomic E-state index is -0.538. The van der Waals surface area contributed by atoms with E-state index in [1.807, 2.05) is 32.7 Å². The Balaban J connectivity index is 2.41. The molecule has 1 atom stereocenters. The number of carbonyl (C=O) groups excluding carboxylic acids is 1. The molecular weight excluding hydrogens is 222 g/mol. The highest BCUT2D eigenvalue weighted by Crippen LogP contribution is 2.31. The molecule has 0 aliphatic heterocycles. The van der Waals surface area contributed by atoms with Gasteiger partial charge in [0.05, 0.1) is 6.61 Å². The number of ether oxygens (including phenoxy) is 1. The molecule has 0 saturated heterocycles. The summed E-state index contributed by atoms with van der Waals surface area (Å²) < 4.78 is 5.10. The summed E-state index contributed by atoms with van der Waals surface area (Å²) in [5, 5.41) is 3.83. The monoisotopic (exact) mass is 245 g/mol. The predicted octanol–water partition coefficient (Wildman–Crippen LogP) is 2.20. The van der Waals surface area contributed by atoms with E-state index in [1.165, 1.54) is 25.7 Å². The van der Waals surface area contributed by atoms with Crippen LogP contribution in [0.4, 0.5) is 0 Å². The van der Waals surface area contributed by atoms with Crippen LogP contribution in [-0.2, 0) is 9.53 Å². The van der Waals surface area contributed by atoms with Crippen LogP contribution in [0, 0.1) is 0 Å². The third-order valence-corrected chi connectivity index (χ3v) is 4.87. The van der Waals surface area contributed by atoms with Gasteiger partial charge in [0.25, 0.3) is 0 Å². The highest BCUT2D eigenvalue weighted by molar-refractivity contribution is 8.00. The van der Waals surface area contributed by atoms with Crippen molar-refractivity contribution in [3.8, 4) is 0 Å². The van der Waals surface area contributed by atoms with E-state index < -0.39 is 5.54 Å². The van der Waals surface area contributed by atoms with Gasteiger partial charge < -0.3 is 10.1 Å². The molecule has 1 saturated carbocycles. The van der Waals surface area contributed by atoms with Crippen LogP contribution in [0.2, 0.25) is 0 Å². The van der Waals surface area contributed by atoms with Crippen LogP contribution in [-0.4, -0.2) is 36.2 Å². The molecule has 4 heteroatoms. The SMILES string of the molecule is CCOC(=O)C(C)(CSC1CCCC1)NC. The number of hydrogen-bond donors (Lipinski definition) is 1. The van der Waals surface area contributed by atoms with Crippen molar-refractivity contribution in [2.75, 3.05) is 19.4 Å². The zero-order chi connectivity index (χ0) is 12.0. The van der Waals surface area contributed by atoms with E-state index in [0.717, 1.165) is 11.0 Å². The Bertz CT molecular complexity index is 229. The second kappa shape index (κ2) is 6.50. The molecule has 1 rings (SSSR count). The number of hydrogen-bond acceptors (Lipinski definition) is 4. The quantitative estimate of drug-likeness (QED) is 0.728. The van der Waals surface area contributed by atoms with Gasteiger partial charge in [-0.25, -0.2) is 0 Å². The lowest BCUT2D eigenvalue weighted by Crippen LogP contribution is -2.51. The van der Waals surface area contributed by atoms with Gasteiger partial charge in [-0.3, -0.25) is 4.79 Å². The summed E-state index contributed by atoms with van der Waals surface area (Å²) >= 11 is 1.91. The van der Waals surface area contributed by atoms with Gasteiger partial charge >= 0.3 is 5.97 Å². The number of carbonyl (C=O) groups is 1. The topological polar surface area (TPSA) is 38.3 Å². The Kier molecular flexibility index (Phi) is 5.62. The molecule has 1 unspecified atom stereocenters. The van der Waals surface area contributed by atoms with Gasteiger partial charge in [-0.2, -0.15) is 11.8 Å². The van der Waals surface area contributed by atoms with Crippen LogP contribution in [0.15, 0.2) is 0 Å². The number of rotatable bonds is 6. The van der Waals surface area contributed by atoms with E-state index in [-0.39, 0.29) is 5.97 Å².